The van der Waals surface area contributed by atoms with Crippen LogP contribution in [0.1, 0.15) is 31.9 Å². The minimum Gasteiger partial charge on any atom is -0.481 e. The van der Waals surface area contributed by atoms with E-state index in [1.165, 1.54) is 0 Å². The van der Waals surface area contributed by atoms with Crippen molar-refractivity contribution in [3.05, 3.63) is 35.9 Å². The minimum absolute atomic E-state index is 0.225. The first-order chi connectivity index (χ1) is 6.93. The highest BCUT2D eigenvalue weighted by Gasteiger charge is 2.29. The van der Waals surface area contributed by atoms with Gasteiger partial charge in [-0.05, 0) is 25.8 Å². The first-order valence-electron chi connectivity index (χ1n) is 4.97. The number of aliphatic carboxylic acids is 1. The van der Waals surface area contributed by atoms with Gasteiger partial charge in [0.15, 0.2) is 0 Å². The Bertz CT molecular complexity index is 333. The van der Waals surface area contributed by atoms with Crippen LogP contribution in [0, 0.1) is 5.41 Å². The fourth-order valence-corrected chi connectivity index (χ4v) is 1.46. The van der Waals surface area contributed by atoms with E-state index in [0.717, 1.165) is 5.56 Å². The van der Waals surface area contributed by atoms with Gasteiger partial charge in [-0.25, -0.2) is 0 Å². The zero-order valence-electron chi connectivity index (χ0n) is 9.10. The molecule has 0 bridgehead atoms. The highest BCUT2D eigenvalue weighted by atomic mass is 16.4. The first-order valence-corrected chi connectivity index (χ1v) is 4.97. The molecular weight excluding hydrogens is 190 g/mol. The summed E-state index contributed by atoms with van der Waals surface area (Å²) in [7, 11) is 0. The SMILES string of the molecule is CC(C)(CC(N)c1ccccc1)C(=O)O. The van der Waals surface area contributed by atoms with Crippen molar-refractivity contribution in [3.63, 3.8) is 0 Å². The molecule has 0 aromatic heterocycles. The summed E-state index contributed by atoms with van der Waals surface area (Å²) in [5.41, 5.74) is 6.15. The summed E-state index contributed by atoms with van der Waals surface area (Å²) >= 11 is 0. The Hall–Kier alpha value is -1.35. The lowest BCUT2D eigenvalue weighted by Gasteiger charge is -2.23. The van der Waals surface area contributed by atoms with Crippen molar-refractivity contribution >= 4 is 5.97 Å². The fourth-order valence-electron chi connectivity index (χ4n) is 1.46. The topological polar surface area (TPSA) is 63.3 Å². The Morgan fingerprint density at radius 3 is 2.40 bits per heavy atom. The van der Waals surface area contributed by atoms with Crippen LogP contribution in [0.2, 0.25) is 0 Å². The van der Waals surface area contributed by atoms with E-state index in [1.807, 2.05) is 30.3 Å². The average molecular weight is 207 g/mol. The number of nitrogens with two attached hydrogens (primary N) is 1. The van der Waals surface area contributed by atoms with E-state index in [-0.39, 0.29) is 6.04 Å². The highest BCUT2D eigenvalue weighted by molar-refractivity contribution is 5.73. The molecule has 0 saturated carbocycles. The monoisotopic (exact) mass is 207 g/mol. The molecular formula is C12H17NO2. The van der Waals surface area contributed by atoms with E-state index < -0.39 is 11.4 Å². The Morgan fingerprint density at radius 1 is 1.40 bits per heavy atom. The molecule has 82 valence electrons. The van der Waals surface area contributed by atoms with Gasteiger partial charge in [0.2, 0.25) is 0 Å². The molecule has 1 aromatic carbocycles. The van der Waals surface area contributed by atoms with Gasteiger partial charge in [0.1, 0.15) is 0 Å². The number of hydrogen-bond acceptors (Lipinski definition) is 2. The van der Waals surface area contributed by atoms with E-state index in [9.17, 15) is 4.79 Å². The molecule has 0 heterocycles. The number of carbonyl (C=O) groups is 1. The second-order valence-electron chi connectivity index (χ2n) is 4.41. The molecule has 0 saturated heterocycles. The lowest BCUT2D eigenvalue weighted by Crippen LogP contribution is -2.28. The number of carboxylic acid groups (broad SMARTS) is 1. The third kappa shape index (κ3) is 3.06. The van der Waals surface area contributed by atoms with Crippen molar-refractivity contribution in [1.29, 1.82) is 0 Å². The highest BCUT2D eigenvalue weighted by Crippen LogP contribution is 2.28. The van der Waals surface area contributed by atoms with Gasteiger partial charge in [-0.15, -0.1) is 0 Å². The molecule has 3 nitrogen and oxygen atoms in total. The van der Waals surface area contributed by atoms with Crippen LogP contribution in [0.15, 0.2) is 30.3 Å². The molecule has 3 N–H and O–H groups in total. The molecule has 1 rings (SSSR count). The summed E-state index contributed by atoms with van der Waals surface area (Å²) < 4.78 is 0. The minimum atomic E-state index is -0.811. The number of benzene rings is 1. The average Bonchev–Trinajstić information content (AvgIpc) is 2.18. The molecule has 1 unspecified atom stereocenters. The van der Waals surface area contributed by atoms with Gasteiger partial charge in [0.25, 0.3) is 0 Å². The summed E-state index contributed by atoms with van der Waals surface area (Å²) in [4.78, 5) is 10.9. The summed E-state index contributed by atoms with van der Waals surface area (Å²) in [5.74, 6) is -0.811. The molecule has 0 spiro atoms. The molecule has 3 heteroatoms. The van der Waals surface area contributed by atoms with Crippen LogP contribution >= 0.6 is 0 Å². The predicted octanol–water partition coefficient (Wildman–Crippen LogP) is 2.19. The maximum atomic E-state index is 10.9. The van der Waals surface area contributed by atoms with Gasteiger partial charge in [-0.1, -0.05) is 30.3 Å². The van der Waals surface area contributed by atoms with E-state index in [2.05, 4.69) is 0 Å². The zero-order chi connectivity index (χ0) is 11.5. The second kappa shape index (κ2) is 4.45. The molecule has 0 radical (unpaired) electrons. The Balaban J connectivity index is 2.72. The second-order valence-corrected chi connectivity index (χ2v) is 4.41. The third-order valence-electron chi connectivity index (χ3n) is 2.54. The van der Waals surface area contributed by atoms with E-state index >= 15 is 0 Å². The number of hydrogen-bond donors (Lipinski definition) is 2. The van der Waals surface area contributed by atoms with Crippen molar-refractivity contribution in [2.75, 3.05) is 0 Å². The van der Waals surface area contributed by atoms with Gasteiger partial charge in [-0.2, -0.15) is 0 Å². The van der Waals surface area contributed by atoms with Gasteiger partial charge < -0.3 is 10.8 Å². The third-order valence-corrected chi connectivity index (χ3v) is 2.54. The van der Waals surface area contributed by atoms with Crippen LogP contribution < -0.4 is 5.73 Å². The van der Waals surface area contributed by atoms with Crippen LogP contribution in [-0.4, -0.2) is 11.1 Å². The lowest BCUT2D eigenvalue weighted by molar-refractivity contribution is -0.147. The normalized spacial score (nSPS) is 13.5. The Morgan fingerprint density at radius 2 is 1.93 bits per heavy atom. The number of rotatable bonds is 4. The van der Waals surface area contributed by atoms with Gasteiger partial charge in [0.05, 0.1) is 5.41 Å². The fraction of sp³-hybridized carbons (Fsp3) is 0.417. The van der Waals surface area contributed by atoms with Crippen molar-refractivity contribution < 1.29 is 9.90 Å². The summed E-state index contributed by atoms with van der Waals surface area (Å²) in [6, 6.07) is 9.34. The van der Waals surface area contributed by atoms with Crippen LogP contribution in [-0.2, 0) is 4.79 Å². The molecule has 0 aliphatic rings. The van der Waals surface area contributed by atoms with Crippen molar-refractivity contribution in [2.45, 2.75) is 26.3 Å². The smallest absolute Gasteiger partial charge is 0.309 e. The van der Waals surface area contributed by atoms with Crippen LogP contribution in [0.25, 0.3) is 0 Å². The largest absolute Gasteiger partial charge is 0.481 e. The lowest BCUT2D eigenvalue weighted by atomic mass is 9.84. The van der Waals surface area contributed by atoms with Gasteiger partial charge >= 0.3 is 5.97 Å². The van der Waals surface area contributed by atoms with Gasteiger partial charge in [-0.3, -0.25) is 4.79 Å². The van der Waals surface area contributed by atoms with Crippen molar-refractivity contribution in [2.24, 2.45) is 11.1 Å². The first kappa shape index (κ1) is 11.7. The quantitative estimate of drug-likeness (QED) is 0.795. The van der Waals surface area contributed by atoms with E-state index in [4.69, 9.17) is 10.8 Å². The predicted molar refractivity (Wildman–Crippen MR) is 59.4 cm³/mol. The number of carboxylic acids is 1. The molecule has 15 heavy (non-hydrogen) atoms. The maximum Gasteiger partial charge on any atom is 0.309 e. The maximum absolute atomic E-state index is 10.9. The van der Waals surface area contributed by atoms with Crippen LogP contribution in [0.3, 0.4) is 0 Å². The van der Waals surface area contributed by atoms with Crippen molar-refractivity contribution in [3.8, 4) is 0 Å². The van der Waals surface area contributed by atoms with Crippen LogP contribution in [0.4, 0.5) is 0 Å². The molecule has 1 aromatic rings. The molecule has 0 amide bonds. The molecule has 0 fully saturated rings. The summed E-state index contributed by atoms with van der Waals surface area (Å²) in [6.07, 6.45) is 0.437. The van der Waals surface area contributed by atoms with Gasteiger partial charge in [0, 0.05) is 6.04 Å². The summed E-state index contributed by atoms with van der Waals surface area (Å²) in [6.45, 7) is 3.39. The van der Waals surface area contributed by atoms with Crippen LogP contribution in [0.5, 0.6) is 0 Å². The van der Waals surface area contributed by atoms with Crippen molar-refractivity contribution in [1.82, 2.24) is 0 Å². The van der Waals surface area contributed by atoms with E-state index in [0.29, 0.717) is 6.42 Å². The zero-order valence-corrected chi connectivity index (χ0v) is 9.10. The Labute approximate surface area is 89.9 Å². The Kier molecular flexibility index (Phi) is 3.48. The molecule has 0 aliphatic heterocycles. The molecule has 1 atom stereocenters. The molecule has 0 aliphatic carbocycles. The summed E-state index contributed by atoms with van der Waals surface area (Å²) in [5, 5.41) is 8.98. The van der Waals surface area contributed by atoms with E-state index in [1.54, 1.807) is 13.8 Å². The standard InChI is InChI=1S/C12H17NO2/c1-12(2,11(14)15)8-10(13)9-6-4-3-5-7-9/h3-7,10H,8,13H2,1-2H3,(H,14,15).